The predicted octanol–water partition coefficient (Wildman–Crippen LogP) is 33.8. The normalized spacial score (nSPS) is 11.5. The van der Waals surface area contributed by atoms with Gasteiger partial charge in [0.25, 0.3) is 0 Å². The Balaban J connectivity index is 0.000000110. The first kappa shape index (κ1) is 82.3. The molecule has 0 N–H and O–H groups in total. The van der Waals surface area contributed by atoms with Crippen molar-refractivity contribution in [2.75, 3.05) is 0 Å². The van der Waals surface area contributed by atoms with E-state index in [9.17, 15) is 0 Å². The zero-order chi connectivity index (χ0) is 91.4. The zero-order valence-corrected chi connectivity index (χ0v) is 76.8. The number of thiophene rings is 3. The topological polar surface area (TPSA) is 105 Å². The molecule has 0 aliphatic heterocycles. The molecule has 0 radical (unpaired) electrons. The Morgan fingerprint density at radius 2 is 0.355 bits per heavy atom. The molecule has 0 saturated carbocycles. The summed E-state index contributed by atoms with van der Waals surface area (Å²) in [5, 5.41) is 11.5. The maximum atomic E-state index is 5.04. The van der Waals surface area contributed by atoms with Crippen LogP contribution in [-0.4, -0.2) is 48.6 Å². The summed E-state index contributed by atoms with van der Waals surface area (Å²) in [7, 11) is 0. The Bertz CT molecular complexity index is 8170. The number of fused-ring (bicyclic) bond motifs is 15. The van der Waals surface area contributed by atoms with Gasteiger partial charge in [-0.3, -0.25) is 0 Å². The maximum Gasteiger partial charge on any atom is 0.164 e. The van der Waals surface area contributed by atoms with Crippen LogP contribution >= 0.6 is 34.0 Å². The summed E-state index contributed by atoms with van der Waals surface area (Å²) >= 11 is 5.61. The van der Waals surface area contributed by atoms with E-state index in [4.69, 9.17) is 34.9 Å². The summed E-state index contributed by atoms with van der Waals surface area (Å²) in [6.07, 6.45) is 0. The summed E-state index contributed by atoms with van der Waals surface area (Å²) in [6, 6.07) is 170. The molecule has 0 fully saturated rings. The molecule has 13 heteroatoms. The SMILES string of the molecule is c1ccc(-c2cc(-c3ccc(-n4c5ccccc5c5c6sc(-c7ccccc7)cc6ccc54)cc3)nc(-c3ccccc3)n2)cc1.c1ccc(-c2cc(-c3ccccc3)nc(-c3ccc(-n4c5ccccc5c5c6sc(-c7ccccc7)cc6ccc54)cc3)n2)cc1.c1ccc(-c2nc(-c3ccccc3)nc(-c3ccc(-n4c5ccccc5c5c6sc(-c7ccccc7)cc6ccc54)cc3)n2)cc1. The van der Waals surface area contributed by atoms with Gasteiger partial charge in [-0.05, 0) is 160 Å². The third kappa shape index (κ3) is 15.5. The van der Waals surface area contributed by atoms with Gasteiger partial charge >= 0.3 is 0 Å². The van der Waals surface area contributed by atoms with Crippen molar-refractivity contribution in [3.05, 3.63) is 485 Å². The minimum Gasteiger partial charge on any atom is -0.309 e. The minimum absolute atomic E-state index is 0.648. The van der Waals surface area contributed by atoms with Crippen molar-refractivity contribution >= 4 is 130 Å². The fourth-order valence-electron chi connectivity index (χ4n) is 19.1. The van der Waals surface area contributed by atoms with Gasteiger partial charge < -0.3 is 13.7 Å². The van der Waals surface area contributed by atoms with Crippen molar-refractivity contribution in [2.24, 2.45) is 0 Å². The van der Waals surface area contributed by atoms with Crippen molar-refractivity contribution in [3.63, 3.8) is 0 Å². The fourth-order valence-corrected chi connectivity index (χ4v) is 22.8. The van der Waals surface area contributed by atoms with E-state index >= 15 is 0 Å². The smallest absolute Gasteiger partial charge is 0.164 e. The van der Waals surface area contributed by atoms with Gasteiger partial charge in [0.15, 0.2) is 29.1 Å². The second-order valence-electron chi connectivity index (χ2n) is 34.2. The van der Waals surface area contributed by atoms with Gasteiger partial charge in [-0.25, -0.2) is 34.9 Å². The Hall–Kier alpha value is -17.6. The molecule has 18 aromatic carbocycles. The number of benzene rings is 18. The van der Waals surface area contributed by atoms with Gasteiger partial charge in [0.1, 0.15) is 0 Å². The molecule has 9 aromatic heterocycles. The average molecular weight is 1820 g/mol. The van der Waals surface area contributed by atoms with Crippen molar-refractivity contribution in [2.45, 2.75) is 0 Å². The van der Waals surface area contributed by atoms with E-state index in [1.54, 1.807) is 0 Å². The summed E-state index contributed by atoms with van der Waals surface area (Å²) in [4.78, 5) is 38.6. The lowest BCUT2D eigenvalue weighted by Crippen LogP contribution is -2.00. The van der Waals surface area contributed by atoms with E-state index in [0.717, 1.165) is 95.7 Å². The van der Waals surface area contributed by atoms with Crippen LogP contribution in [0.4, 0.5) is 0 Å². The van der Waals surface area contributed by atoms with Gasteiger partial charge in [0, 0.05) is 128 Å². The first-order chi connectivity index (χ1) is 68.4. The quantitative estimate of drug-likeness (QED) is 0.101. The number of rotatable bonds is 15. The first-order valence-electron chi connectivity index (χ1n) is 46.1. The molecular formula is C125H80N10S3. The van der Waals surface area contributed by atoms with E-state index < -0.39 is 0 Å². The van der Waals surface area contributed by atoms with E-state index in [-0.39, 0.29) is 0 Å². The molecule has 27 rings (SSSR count). The minimum atomic E-state index is 0.648. The van der Waals surface area contributed by atoms with Gasteiger partial charge in [0.2, 0.25) is 0 Å². The largest absolute Gasteiger partial charge is 0.309 e. The monoisotopic (exact) mass is 1820 g/mol. The van der Waals surface area contributed by atoms with E-state index in [0.29, 0.717) is 23.3 Å². The molecule has 0 unspecified atom stereocenters. The number of hydrogen-bond donors (Lipinski definition) is 0. The highest BCUT2D eigenvalue weighted by atomic mass is 32.1. The highest BCUT2D eigenvalue weighted by molar-refractivity contribution is 7.24. The molecule has 10 nitrogen and oxygen atoms in total. The molecular weight excluding hydrogens is 1740 g/mol. The Morgan fingerprint density at radius 3 is 0.616 bits per heavy atom. The number of hydrogen-bond acceptors (Lipinski definition) is 10. The van der Waals surface area contributed by atoms with Crippen LogP contribution in [0.3, 0.4) is 0 Å². The van der Waals surface area contributed by atoms with E-state index in [2.05, 4.69) is 366 Å². The van der Waals surface area contributed by atoms with Crippen LogP contribution in [0.1, 0.15) is 0 Å². The predicted molar refractivity (Wildman–Crippen MR) is 578 cm³/mol. The zero-order valence-electron chi connectivity index (χ0n) is 74.4. The van der Waals surface area contributed by atoms with Gasteiger partial charge in [-0.1, -0.05) is 358 Å². The fraction of sp³-hybridized carbons (Fsp3) is 0. The van der Waals surface area contributed by atoms with Gasteiger partial charge in [-0.15, -0.1) is 34.0 Å². The lowest BCUT2D eigenvalue weighted by Gasteiger charge is -2.11. The van der Waals surface area contributed by atoms with Crippen LogP contribution in [0, 0.1) is 0 Å². The molecule has 0 amide bonds. The summed E-state index contributed by atoms with van der Waals surface area (Å²) in [5.41, 5.74) is 27.0. The van der Waals surface area contributed by atoms with Crippen LogP contribution in [0.25, 0.3) is 246 Å². The Kier molecular flexibility index (Phi) is 21.3. The number of nitrogens with zero attached hydrogens (tertiary/aromatic N) is 10. The second kappa shape index (κ2) is 35.7. The lowest BCUT2D eigenvalue weighted by atomic mass is 10.1. The van der Waals surface area contributed by atoms with Gasteiger partial charge in [0.05, 0.1) is 55.9 Å². The summed E-state index contributed by atoms with van der Waals surface area (Å²) < 4.78 is 11.1. The highest BCUT2D eigenvalue weighted by Gasteiger charge is 2.24. The van der Waals surface area contributed by atoms with E-state index in [1.807, 2.05) is 167 Å². The third-order valence-electron chi connectivity index (χ3n) is 25.7. The number of aromatic nitrogens is 10. The molecule has 648 valence electrons. The maximum absolute atomic E-state index is 5.04. The molecule has 0 atom stereocenters. The Morgan fingerprint density at radius 1 is 0.152 bits per heavy atom. The van der Waals surface area contributed by atoms with Crippen molar-refractivity contribution < 1.29 is 0 Å². The molecule has 0 aliphatic carbocycles. The van der Waals surface area contributed by atoms with Crippen LogP contribution in [0.5, 0.6) is 0 Å². The third-order valence-corrected chi connectivity index (χ3v) is 29.4. The average Bonchev–Trinajstić information content (AvgIpc) is 1.58. The molecule has 0 aliphatic rings. The Labute approximate surface area is 807 Å². The molecule has 9 heterocycles. The first-order valence-corrected chi connectivity index (χ1v) is 48.6. The number of para-hydroxylation sites is 3. The molecule has 0 spiro atoms. The standard InChI is InChI=1S/2C42H27N3S.C41H26N4S/c1-4-12-28(13-5-1)35-27-36(44-42(43-35)31-16-8-3-9-17-31)29-20-23-33(24-21-29)45-37-19-11-10-18-34(37)40-38(45)25-22-32-26-39(46-41(32)40)30-14-6-2-7-15-30;1-4-12-28(13-5-1)35-27-36(29-14-6-2-7-15-29)44-42(43-35)31-20-23-33(24-21-31)45-37-19-11-10-18-34(37)40-38(45)25-22-32-26-39(46-41(32)40)30-16-8-3-9-17-30;1-4-12-27(13-5-1)36-26-31-22-25-35-37(38(31)46-36)33-18-10-11-19-34(33)45(35)32-23-20-30(21-24-32)41-43-39(28-14-6-2-7-15-28)42-40(44-41)29-16-8-3-9-17-29/h2*1-27H;1-26H. The molecule has 0 bridgehead atoms. The second-order valence-corrected chi connectivity index (χ2v) is 37.3. The van der Waals surface area contributed by atoms with Crippen LogP contribution < -0.4 is 0 Å². The van der Waals surface area contributed by atoms with Crippen molar-refractivity contribution in [1.29, 1.82) is 0 Å². The van der Waals surface area contributed by atoms with Crippen molar-refractivity contribution in [1.82, 2.24) is 48.6 Å². The molecule has 0 saturated heterocycles. The van der Waals surface area contributed by atoms with Crippen LogP contribution in [-0.2, 0) is 0 Å². The van der Waals surface area contributed by atoms with Gasteiger partial charge in [-0.2, -0.15) is 0 Å². The van der Waals surface area contributed by atoms with Crippen LogP contribution in [0.2, 0.25) is 0 Å². The summed E-state index contributed by atoms with van der Waals surface area (Å²) in [6.45, 7) is 0. The van der Waals surface area contributed by atoms with E-state index in [1.165, 1.54) is 127 Å². The molecule has 138 heavy (non-hydrogen) atoms. The molecule has 27 aromatic rings. The van der Waals surface area contributed by atoms with Crippen LogP contribution in [0.15, 0.2) is 485 Å². The summed E-state index contributed by atoms with van der Waals surface area (Å²) in [5.74, 6) is 3.40. The lowest BCUT2D eigenvalue weighted by molar-refractivity contribution is 1.07. The highest BCUT2D eigenvalue weighted by Crippen LogP contribution is 2.48. The van der Waals surface area contributed by atoms with Crippen molar-refractivity contribution in [3.8, 4) is 150 Å².